The number of carbonyl (C=O) groups is 1. The number of guanidine groups is 1. The lowest BCUT2D eigenvalue weighted by molar-refractivity contribution is -0.119. The molecule has 1 amide bonds. The third kappa shape index (κ3) is 7.24. The van der Waals surface area contributed by atoms with Crippen molar-refractivity contribution in [2.75, 3.05) is 32.8 Å². The van der Waals surface area contributed by atoms with Crippen LogP contribution in [0.3, 0.4) is 0 Å². The lowest BCUT2D eigenvalue weighted by Crippen LogP contribution is -2.44. The van der Waals surface area contributed by atoms with Crippen LogP contribution in [0.5, 0.6) is 5.75 Å². The van der Waals surface area contributed by atoms with Crippen molar-refractivity contribution in [1.29, 1.82) is 0 Å². The summed E-state index contributed by atoms with van der Waals surface area (Å²) in [5.74, 6) is 1.90. The van der Waals surface area contributed by atoms with Crippen LogP contribution in [0.25, 0.3) is 0 Å². The molecule has 1 heterocycles. The third-order valence-corrected chi connectivity index (χ3v) is 5.65. The minimum Gasteiger partial charge on any atom is -0.484 e. The van der Waals surface area contributed by atoms with Crippen LogP contribution in [0.2, 0.25) is 0 Å². The molecule has 1 atom stereocenters. The molecule has 29 heavy (non-hydrogen) atoms. The summed E-state index contributed by atoms with van der Waals surface area (Å²) in [5.41, 5.74) is 6.16. The standard InChI is InChI=1S/C22H35N5O2/c1-2-24-22(25-13-18-8-5-9-20(12-18)29-16-21(23)28)26-19-10-11-27(15-19)14-17-6-3-4-7-17/h5,8-9,12,17,19H,2-4,6-7,10-11,13-16H2,1H3,(H2,23,28)(H2,24,25,26). The number of nitrogens with zero attached hydrogens (tertiary/aromatic N) is 2. The van der Waals surface area contributed by atoms with E-state index in [9.17, 15) is 4.79 Å². The van der Waals surface area contributed by atoms with E-state index in [0.717, 1.165) is 37.0 Å². The van der Waals surface area contributed by atoms with Crippen molar-refractivity contribution in [3.8, 4) is 5.75 Å². The topological polar surface area (TPSA) is 92.0 Å². The van der Waals surface area contributed by atoms with Gasteiger partial charge in [0.1, 0.15) is 5.75 Å². The quantitative estimate of drug-likeness (QED) is 0.434. The van der Waals surface area contributed by atoms with Gasteiger partial charge in [-0.05, 0) is 49.8 Å². The van der Waals surface area contributed by atoms with Crippen molar-refractivity contribution in [2.24, 2.45) is 16.6 Å². The summed E-state index contributed by atoms with van der Waals surface area (Å²) in [7, 11) is 0. The zero-order valence-electron chi connectivity index (χ0n) is 17.5. The van der Waals surface area contributed by atoms with Gasteiger partial charge < -0.3 is 26.0 Å². The minimum absolute atomic E-state index is 0.115. The second-order valence-corrected chi connectivity index (χ2v) is 8.14. The summed E-state index contributed by atoms with van der Waals surface area (Å²) < 4.78 is 5.38. The number of amides is 1. The summed E-state index contributed by atoms with van der Waals surface area (Å²) in [4.78, 5) is 18.2. The van der Waals surface area contributed by atoms with E-state index in [1.807, 2.05) is 24.3 Å². The van der Waals surface area contributed by atoms with Crippen LogP contribution in [-0.4, -0.2) is 55.6 Å². The van der Waals surface area contributed by atoms with E-state index in [1.54, 1.807) is 0 Å². The Morgan fingerprint density at radius 1 is 1.31 bits per heavy atom. The lowest BCUT2D eigenvalue weighted by atomic mass is 10.1. The van der Waals surface area contributed by atoms with Crippen LogP contribution < -0.4 is 21.1 Å². The second-order valence-electron chi connectivity index (χ2n) is 8.14. The fourth-order valence-corrected chi connectivity index (χ4v) is 4.25. The van der Waals surface area contributed by atoms with E-state index < -0.39 is 5.91 Å². The number of aliphatic imine (C=N–C) groups is 1. The molecule has 160 valence electrons. The number of hydrogen-bond donors (Lipinski definition) is 3. The molecule has 1 aliphatic carbocycles. The molecule has 2 fully saturated rings. The van der Waals surface area contributed by atoms with Crippen LogP contribution in [0, 0.1) is 5.92 Å². The Bertz CT molecular complexity index is 688. The predicted octanol–water partition coefficient (Wildman–Crippen LogP) is 1.87. The van der Waals surface area contributed by atoms with Crippen molar-refractivity contribution < 1.29 is 9.53 Å². The van der Waals surface area contributed by atoms with Crippen molar-refractivity contribution in [1.82, 2.24) is 15.5 Å². The van der Waals surface area contributed by atoms with Gasteiger partial charge in [0.2, 0.25) is 0 Å². The van der Waals surface area contributed by atoms with Gasteiger partial charge in [-0.25, -0.2) is 4.99 Å². The molecular formula is C22H35N5O2. The molecule has 3 rings (SSSR count). The molecule has 7 nitrogen and oxygen atoms in total. The Morgan fingerprint density at radius 3 is 2.90 bits per heavy atom. The Morgan fingerprint density at radius 2 is 2.14 bits per heavy atom. The second kappa shape index (κ2) is 11.0. The molecule has 1 aliphatic heterocycles. The highest BCUT2D eigenvalue weighted by Crippen LogP contribution is 2.26. The van der Waals surface area contributed by atoms with Crippen LogP contribution in [0.15, 0.2) is 29.3 Å². The van der Waals surface area contributed by atoms with Gasteiger partial charge in [0.25, 0.3) is 5.91 Å². The zero-order chi connectivity index (χ0) is 20.5. The summed E-state index contributed by atoms with van der Waals surface area (Å²) in [5, 5.41) is 6.95. The van der Waals surface area contributed by atoms with Gasteiger partial charge in [-0.15, -0.1) is 0 Å². The monoisotopic (exact) mass is 401 g/mol. The molecule has 1 unspecified atom stereocenters. The molecule has 1 aromatic carbocycles. The van der Waals surface area contributed by atoms with E-state index >= 15 is 0 Å². The molecule has 4 N–H and O–H groups in total. The SMILES string of the molecule is CCNC(=NCc1cccc(OCC(N)=O)c1)NC1CCN(CC2CCCC2)C1. The van der Waals surface area contributed by atoms with E-state index in [0.29, 0.717) is 18.3 Å². The van der Waals surface area contributed by atoms with Crippen molar-refractivity contribution in [2.45, 2.75) is 51.6 Å². The van der Waals surface area contributed by atoms with E-state index in [2.05, 4.69) is 22.5 Å². The number of nitrogens with two attached hydrogens (primary N) is 1. The molecule has 0 radical (unpaired) electrons. The number of hydrogen-bond acceptors (Lipinski definition) is 4. The number of rotatable bonds is 9. The van der Waals surface area contributed by atoms with Crippen molar-refractivity contribution in [3.05, 3.63) is 29.8 Å². The summed E-state index contributed by atoms with van der Waals surface area (Å²) in [6, 6.07) is 8.06. The molecular weight excluding hydrogens is 366 g/mol. The van der Waals surface area contributed by atoms with Crippen LogP contribution in [0.4, 0.5) is 0 Å². The highest BCUT2D eigenvalue weighted by atomic mass is 16.5. The number of carbonyl (C=O) groups excluding carboxylic acids is 1. The van der Waals surface area contributed by atoms with E-state index in [1.165, 1.54) is 38.8 Å². The lowest BCUT2D eigenvalue weighted by Gasteiger charge is -2.21. The van der Waals surface area contributed by atoms with Gasteiger partial charge in [-0.1, -0.05) is 25.0 Å². The van der Waals surface area contributed by atoms with Crippen molar-refractivity contribution in [3.63, 3.8) is 0 Å². The van der Waals surface area contributed by atoms with Crippen LogP contribution >= 0.6 is 0 Å². The highest BCUT2D eigenvalue weighted by molar-refractivity contribution is 5.80. The maximum absolute atomic E-state index is 10.9. The maximum atomic E-state index is 10.9. The molecule has 1 aromatic rings. The van der Waals surface area contributed by atoms with Gasteiger partial charge >= 0.3 is 0 Å². The molecule has 0 aromatic heterocycles. The van der Waals surface area contributed by atoms with E-state index in [-0.39, 0.29) is 6.61 Å². The number of benzene rings is 1. The average Bonchev–Trinajstić information content (AvgIpc) is 3.37. The number of primary amides is 1. The minimum atomic E-state index is -0.481. The largest absolute Gasteiger partial charge is 0.484 e. The van der Waals surface area contributed by atoms with Gasteiger partial charge in [0, 0.05) is 32.2 Å². The molecule has 7 heteroatoms. The summed E-state index contributed by atoms with van der Waals surface area (Å²) in [6.07, 6.45) is 6.79. The first-order valence-corrected chi connectivity index (χ1v) is 10.9. The Hall–Kier alpha value is -2.28. The molecule has 1 saturated heterocycles. The summed E-state index contributed by atoms with van der Waals surface area (Å²) in [6.45, 7) is 6.86. The van der Waals surface area contributed by atoms with Gasteiger partial charge in [-0.2, -0.15) is 0 Å². The van der Waals surface area contributed by atoms with Crippen LogP contribution in [0.1, 0.15) is 44.6 Å². The molecule has 0 bridgehead atoms. The van der Waals surface area contributed by atoms with Gasteiger partial charge in [0.15, 0.2) is 12.6 Å². The molecule has 1 saturated carbocycles. The first kappa shape index (κ1) is 21.4. The molecule has 2 aliphatic rings. The Balaban J connectivity index is 1.50. The van der Waals surface area contributed by atoms with Crippen molar-refractivity contribution >= 4 is 11.9 Å². The van der Waals surface area contributed by atoms with Gasteiger partial charge in [-0.3, -0.25) is 4.79 Å². The predicted molar refractivity (Wildman–Crippen MR) is 116 cm³/mol. The molecule has 0 spiro atoms. The average molecular weight is 402 g/mol. The maximum Gasteiger partial charge on any atom is 0.255 e. The van der Waals surface area contributed by atoms with Crippen LogP contribution in [-0.2, 0) is 11.3 Å². The number of ether oxygens (including phenoxy) is 1. The summed E-state index contributed by atoms with van der Waals surface area (Å²) >= 11 is 0. The number of nitrogens with one attached hydrogen (secondary N) is 2. The highest BCUT2D eigenvalue weighted by Gasteiger charge is 2.26. The first-order chi connectivity index (χ1) is 14.1. The first-order valence-electron chi connectivity index (χ1n) is 10.9. The fourth-order valence-electron chi connectivity index (χ4n) is 4.25. The fraction of sp³-hybridized carbons (Fsp3) is 0.636. The van der Waals surface area contributed by atoms with Gasteiger partial charge in [0.05, 0.1) is 6.54 Å². The Kier molecular flexibility index (Phi) is 8.16. The zero-order valence-corrected chi connectivity index (χ0v) is 17.5. The normalized spacial score (nSPS) is 20.7. The third-order valence-electron chi connectivity index (χ3n) is 5.65. The smallest absolute Gasteiger partial charge is 0.255 e. The van der Waals surface area contributed by atoms with E-state index in [4.69, 9.17) is 15.5 Å². The number of likely N-dealkylation sites (tertiary alicyclic amines) is 1. The Labute approximate surface area is 174 Å².